The van der Waals surface area contributed by atoms with Crippen molar-refractivity contribution in [2.45, 2.75) is 4.90 Å². The number of halogens is 1. The summed E-state index contributed by atoms with van der Waals surface area (Å²) < 4.78 is 32.6. The summed E-state index contributed by atoms with van der Waals surface area (Å²) in [6.07, 6.45) is 0. The number of nitrogens with one attached hydrogen (secondary N) is 1. The van der Waals surface area contributed by atoms with Gasteiger partial charge in [0.15, 0.2) is 0 Å². The molecule has 0 amide bonds. The number of hydrogen-bond acceptors (Lipinski definition) is 4. The van der Waals surface area contributed by atoms with Crippen molar-refractivity contribution in [1.82, 2.24) is 0 Å². The average molecular weight is 417 g/mol. The summed E-state index contributed by atoms with van der Waals surface area (Å²) in [6, 6.07) is 12.7. The van der Waals surface area contributed by atoms with Gasteiger partial charge in [-0.25, -0.2) is 13.2 Å². The van der Waals surface area contributed by atoms with Gasteiger partial charge in [0.2, 0.25) is 0 Å². The number of carbonyl (C=O) groups is 1. The molecule has 7 heteroatoms. The Bertz CT molecular complexity index is 774. The predicted octanol–water partition coefficient (Wildman–Crippen LogP) is 2.88. The highest BCUT2D eigenvalue weighted by Gasteiger charge is 2.17. The second-order valence-corrected chi connectivity index (χ2v) is 6.95. The molecule has 0 bridgehead atoms. The largest absolute Gasteiger partial charge is 0.465 e. The molecule has 0 saturated heterocycles. The minimum atomic E-state index is -3.76. The van der Waals surface area contributed by atoms with E-state index in [-0.39, 0.29) is 10.5 Å². The van der Waals surface area contributed by atoms with Gasteiger partial charge in [0.1, 0.15) is 0 Å². The number of sulfonamides is 1. The quantitative estimate of drug-likeness (QED) is 0.614. The third-order valence-corrected chi connectivity index (χ3v) is 4.99. The van der Waals surface area contributed by atoms with Crippen LogP contribution in [0.15, 0.2) is 53.4 Å². The summed E-state index contributed by atoms with van der Waals surface area (Å²) in [6.45, 7) is 0. The Balaban J connectivity index is 2.36. The SMILES string of the molecule is COC(=O)c1cccc(S(=O)(=O)Nc2ccccc2I)c1. The fourth-order valence-corrected chi connectivity index (χ4v) is 3.49. The zero-order valence-electron chi connectivity index (χ0n) is 11.0. The summed E-state index contributed by atoms with van der Waals surface area (Å²) in [5.74, 6) is -0.582. The number of hydrogen-bond donors (Lipinski definition) is 1. The van der Waals surface area contributed by atoms with E-state index < -0.39 is 16.0 Å². The number of rotatable bonds is 4. The molecule has 21 heavy (non-hydrogen) atoms. The lowest BCUT2D eigenvalue weighted by atomic mass is 10.2. The number of anilines is 1. The fourth-order valence-electron chi connectivity index (χ4n) is 1.66. The number of esters is 1. The molecular weight excluding hydrogens is 405 g/mol. The molecule has 2 rings (SSSR count). The molecule has 0 radical (unpaired) electrons. The number of methoxy groups -OCH3 is 1. The molecule has 0 aliphatic heterocycles. The van der Waals surface area contributed by atoms with Crippen molar-refractivity contribution in [1.29, 1.82) is 0 Å². The summed E-state index contributed by atoms with van der Waals surface area (Å²) in [4.78, 5) is 11.5. The highest BCUT2D eigenvalue weighted by molar-refractivity contribution is 14.1. The van der Waals surface area contributed by atoms with Crippen LogP contribution in [0.3, 0.4) is 0 Å². The molecule has 0 fully saturated rings. The Labute approximate surface area is 136 Å². The lowest BCUT2D eigenvalue weighted by molar-refractivity contribution is 0.0600. The van der Waals surface area contributed by atoms with Crippen LogP contribution in [0.4, 0.5) is 5.69 Å². The molecule has 0 aliphatic carbocycles. The molecule has 0 saturated carbocycles. The van der Waals surface area contributed by atoms with E-state index in [2.05, 4.69) is 9.46 Å². The van der Waals surface area contributed by atoms with Crippen LogP contribution in [0, 0.1) is 3.57 Å². The first-order chi connectivity index (χ1) is 9.94. The van der Waals surface area contributed by atoms with E-state index in [0.717, 1.165) is 3.57 Å². The van der Waals surface area contributed by atoms with Crippen molar-refractivity contribution in [3.63, 3.8) is 0 Å². The normalized spacial score (nSPS) is 11.0. The van der Waals surface area contributed by atoms with E-state index in [1.807, 2.05) is 28.7 Å². The molecule has 2 aromatic rings. The van der Waals surface area contributed by atoms with Crippen LogP contribution < -0.4 is 4.72 Å². The van der Waals surface area contributed by atoms with Gasteiger partial charge in [-0.2, -0.15) is 0 Å². The van der Waals surface area contributed by atoms with Gasteiger partial charge in [-0.15, -0.1) is 0 Å². The number of para-hydroxylation sites is 1. The van der Waals surface area contributed by atoms with Crippen LogP contribution in [0.1, 0.15) is 10.4 Å². The molecule has 5 nitrogen and oxygen atoms in total. The van der Waals surface area contributed by atoms with Crippen LogP contribution in [-0.2, 0) is 14.8 Å². The summed E-state index contributed by atoms with van der Waals surface area (Å²) in [7, 11) is -2.52. The van der Waals surface area contributed by atoms with Crippen LogP contribution in [0.25, 0.3) is 0 Å². The van der Waals surface area contributed by atoms with Gasteiger partial charge in [-0.1, -0.05) is 18.2 Å². The maximum absolute atomic E-state index is 12.4. The lowest BCUT2D eigenvalue weighted by Gasteiger charge is -2.10. The summed E-state index contributed by atoms with van der Waals surface area (Å²) in [5, 5.41) is 0. The van der Waals surface area contributed by atoms with Crippen LogP contribution in [-0.4, -0.2) is 21.5 Å². The van der Waals surface area contributed by atoms with Crippen molar-refractivity contribution >= 4 is 44.3 Å². The highest BCUT2D eigenvalue weighted by Crippen LogP contribution is 2.22. The van der Waals surface area contributed by atoms with E-state index in [9.17, 15) is 13.2 Å². The van der Waals surface area contributed by atoms with E-state index in [1.165, 1.54) is 31.4 Å². The molecule has 0 aromatic heterocycles. The molecule has 1 N–H and O–H groups in total. The molecule has 0 aliphatic rings. The zero-order valence-corrected chi connectivity index (χ0v) is 14.0. The van der Waals surface area contributed by atoms with Gasteiger partial charge < -0.3 is 4.74 Å². The van der Waals surface area contributed by atoms with Crippen molar-refractivity contribution in [2.75, 3.05) is 11.8 Å². The van der Waals surface area contributed by atoms with Crippen LogP contribution >= 0.6 is 22.6 Å². The highest BCUT2D eigenvalue weighted by atomic mass is 127. The first-order valence-corrected chi connectivity index (χ1v) is 8.46. The number of benzene rings is 2. The third kappa shape index (κ3) is 3.73. The van der Waals surface area contributed by atoms with Crippen LogP contribution in [0.2, 0.25) is 0 Å². The molecule has 2 aromatic carbocycles. The third-order valence-electron chi connectivity index (χ3n) is 2.68. The van der Waals surface area contributed by atoms with Crippen molar-refractivity contribution < 1.29 is 17.9 Å². The molecule has 0 heterocycles. The minimum Gasteiger partial charge on any atom is -0.465 e. The number of carbonyl (C=O) groups excluding carboxylic acids is 1. The topological polar surface area (TPSA) is 72.5 Å². The Kier molecular flexibility index (Phi) is 4.84. The summed E-state index contributed by atoms with van der Waals surface area (Å²) >= 11 is 2.04. The Morgan fingerprint density at radius 2 is 1.86 bits per heavy atom. The van der Waals surface area contributed by atoms with Gasteiger partial charge >= 0.3 is 5.97 Å². The van der Waals surface area contributed by atoms with E-state index in [1.54, 1.807) is 18.2 Å². The van der Waals surface area contributed by atoms with Gasteiger partial charge in [0.05, 0.1) is 23.3 Å². The predicted molar refractivity (Wildman–Crippen MR) is 87.7 cm³/mol. The summed E-state index contributed by atoms with van der Waals surface area (Å²) in [5.41, 5.74) is 0.671. The molecule has 110 valence electrons. The van der Waals surface area contributed by atoms with Crippen LogP contribution in [0.5, 0.6) is 0 Å². The lowest BCUT2D eigenvalue weighted by Crippen LogP contribution is -2.14. The Hall–Kier alpha value is -1.61. The Morgan fingerprint density at radius 3 is 2.52 bits per heavy atom. The maximum atomic E-state index is 12.4. The first kappa shape index (κ1) is 15.8. The first-order valence-electron chi connectivity index (χ1n) is 5.90. The standard InChI is InChI=1S/C14H12INO4S/c1-20-14(17)10-5-4-6-11(9-10)21(18,19)16-13-8-3-2-7-12(13)15/h2-9,16H,1H3. The average Bonchev–Trinajstić information content (AvgIpc) is 2.49. The molecule has 0 atom stereocenters. The number of ether oxygens (including phenoxy) is 1. The maximum Gasteiger partial charge on any atom is 0.337 e. The van der Waals surface area contributed by atoms with Gasteiger partial charge in [0, 0.05) is 3.57 Å². The second kappa shape index (κ2) is 6.44. The van der Waals surface area contributed by atoms with Crippen molar-refractivity contribution in [3.05, 3.63) is 57.7 Å². The van der Waals surface area contributed by atoms with E-state index in [0.29, 0.717) is 5.69 Å². The van der Waals surface area contributed by atoms with Gasteiger partial charge in [-0.3, -0.25) is 4.72 Å². The van der Waals surface area contributed by atoms with Gasteiger partial charge in [0.25, 0.3) is 10.0 Å². The van der Waals surface area contributed by atoms with Crippen molar-refractivity contribution in [2.24, 2.45) is 0 Å². The second-order valence-electron chi connectivity index (χ2n) is 4.10. The van der Waals surface area contributed by atoms with Crippen molar-refractivity contribution in [3.8, 4) is 0 Å². The molecule has 0 unspecified atom stereocenters. The van der Waals surface area contributed by atoms with E-state index in [4.69, 9.17) is 0 Å². The van der Waals surface area contributed by atoms with E-state index >= 15 is 0 Å². The zero-order chi connectivity index (χ0) is 15.5. The smallest absolute Gasteiger partial charge is 0.337 e. The van der Waals surface area contributed by atoms with Gasteiger partial charge in [-0.05, 0) is 52.9 Å². The Morgan fingerprint density at radius 1 is 1.14 bits per heavy atom. The monoisotopic (exact) mass is 417 g/mol. The molecular formula is C14H12INO4S. The molecule has 0 spiro atoms. The minimum absolute atomic E-state index is 0.00468. The fraction of sp³-hybridized carbons (Fsp3) is 0.0714.